The second kappa shape index (κ2) is 6.49. The third kappa shape index (κ3) is 3.49. The number of aromatic nitrogens is 4. The average Bonchev–Trinajstić information content (AvgIpc) is 3.06. The van der Waals surface area contributed by atoms with Gasteiger partial charge >= 0.3 is 5.97 Å². The van der Waals surface area contributed by atoms with Crippen molar-refractivity contribution in [3.8, 4) is 11.5 Å². The molecule has 116 valence electrons. The molecule has 0 fully saturated rings. The Hall–Kier alpha value is -2.87. The summed E-state index contributed by atoms with van der Waals surface area (Å²) in [5, 5.41) is 12.8. The standard InChI is InChI=1S/C15H13N5O2S/c1-9(14-18-8-11(23-14)15(21)22)19-12-5-7-17-13(20-12)10-4-2-3-6-16-10/h2-9H,1H3,(H,21,22)(H,17,19,20). The van der Waals surface area contributed by atoms with Gasteiger partial charge in [0.15, 0.2) is 5.82 Å². The molecule has 0 radical (unpaired) electrons. The van der Waals surface area contributed by atoms with Gasteiger partial charge in [-0.1, -0.05) is 6.07 Å². The van der Waals surface area contributed by atoms with Crippen molar-refractivity contribution in [3.05, 3.63) is 52.7 Å². The van der Waals surface area contributed by atoms with E-state index in [2.05, 4.69) is 25.3 Å². The van der Waals surface area contributed by atoms with Crippen molar-refractivity contribution in [2.24, 2.45) is 0 Å². The average molecular weight is 327 g/mol. The maximum Gasteiger partial charge on any atom is 0.347 e. The molecule has 23 heavy (non-hydrogen) atoms. The molecule has 0 aliphatic heterocycles. The van der Waals surface area contributed by atoms with Crippen LogP contribution in [0.2, 0.25) is 0 Å². The Labute approximate surface area is 136 Å². The fourth-order valence-electron chi connectivity index (χ4n) is 1.93. The van der Waals surface area contributed by atoms with Crippen LogP contribution in [0.3, 0.4) is 0 Å². The Morgan fingerprint density at radius 1 is 1.22 bits per heavy atom. The summed E-state index contributed by atoms with van der Waals surface area (Å²) in [7, 11) is 0. The van der Waals surface area contributed by atoms with Crippen molar-refractivity contribution in [3.63, 3.8) is 0 Å². The van der Waals surface area contributed by atoms with Gasteiger partial charge in [0.05, 0.1) is 12.2 Å². The van der Waals surface area contributed by atoms with Gasteiger partial charge in [0.1, 0.15) is 21.4 Å². The number of hydrogen-bond donors (Lipinski definition) is 2. The molecular formula is C15H13N5O2S. The number of carbonyl (C=O) groups is 1. The van der Waals surface area contributed by atoms with E-state index in [0.717, 1.165) is 11.3 Å². The molecule has 3 rings (SSSR count). The fraction of sp³-hybridized carbons (Fsp3) is 0.133. The number of nitrogens with zero attached hydrogens (tertiary/aromatic N) is 4. The number of thiazole rings is 1. The van der Waals surface area contributed by atoms with Crippen LogP contribution in [0.5, 0.6) is 0 Å². The smallest absolute Gasteiger partial charge is 0.347 e. The minimum absolute atomic E-state index is 0.167. The van der Waals surface area contributed by atoms with Crippen molar-refractivity contribution in [2.75, 3.05) is 5.32 Å². The fourth-order valence-corrected chi connectivity index (χ4v) is 2.69. The first-order valence-corrected chi connectivity index (χ1v) is 7.65. The summed E-state index contributed by atoms with van der Waals surface area (Å²) >= 11 is 1.14. The minimum Gasteiger partial charge on any atom is -0.477 e. The molecule has 0 spiro atoms. The van der Waals surface area contributed by atoms with E-state index in [0.29, 0.717) is 22.3 Å². The molecule has 1 atom stereocenters. The highest BCUT2D eigenvalue weighted by Gasteiger charge is 2.14. The third-order valence-corrected chi connectivity index (χ3v) is 4.19. The van der Waals surface area contributed by atoms with E-state index in [1.54, 1.807) is 18.5 Å². The van der Waals surface area contributed by atoms with Crippen LogP contribution in [0.25, 0.3) is 11.5 Å². The van der Waals surface area contributed by atoms with Crippen molar-refractivity contribution in [2.45, 2.75) is 13.0 Å². The van der Waals surface area contributed by atoms with Crippen LogP contribution in [0.15, 0.2) is 42.9 Å². The van der Waals surface area contributed by atoms with Crippen LogP contribution in [0.4, 0.5) is 5.82 Å². The first-order valence-electron chi connectivity index (χ1n) is 6.83. The van der Waals surface area contributed by atoms with Crippen LogP contribution in [0.1, 0.15) is 27.6 Å². The molecule has 3 heterocycles. The lowest BCUT2D eigenvalue weighted by Gasteiger charge is -2.12. The Balaban J connectivity index is 1.78. The van der Waals surface area contributed by atoms with Crippen molar-refractivity contribution < 1.29 is 9.90 Å². The van der Waals surface area contributed by atoms with Gasteiger partial charge in [-0.3, -0.25) is 4.98 Å². The topological polar surface area (TPSA) is 101 Å². The second-order valence-corrected chi connectivity index (χ2v) is 5.78. The molecule has 2 N–H and O–H groups in total. The Morgan fingerprint density at radius 2 is 2.09 bits per heavy atom. The zero-order chi connectivity index (χ0) is 16.2. The van der Waals surface area contributed by atoms with Gasteiger partial charge in [-0.05, 0) is 25.1 Å². The summed E-state index contributed by atoms with van der Waals surface area (Å²) in [5.74, 6) is 0.175. The number of hydrogen-bond acceptors (Lipinski definition) is 7. The third-order valence-electron chi connectivity index (χ3n) is 3.02. The number of anilines is 1. The normalized spacial score (nSPS) is 11.9. The molecule has 8 heteroatoms. The molecule has 1 unspecified atom stereocenters. The van der Waals surface area contributed by atoms with Crippen molar-refractivity contribution in [1.82, 2.24) is 19.9 Å². The van der Waals surface area contributed by atoms with Crippen LogP contribution in [-0.2, 0) is 0 Å². The molecule has 0 saturated heterocycles. The highest BCUT2D eigenvalue weighted by Crippen LogP contribution is 2.23. The molecule has 0 saturated carbocycles. The maximum absolute atomic E-state index is 10.9. The van der Waals surface area contributed by atoms with E-state index in [4.69, 9.17) is 5.11 Å². The van der Waals surface area contributed by atoms with Gasteiger partial charge in [-0.25, -0.2) is 19.7 Å². The Morgan fingerprint density at radius 3 is 2.78 bits per heavy atom. The van der Waals surface area contributed by atoms with Crippen LogP contribution in [0, 0.1) is 0 Å². The summed E-state index contributed by atoms with van der Waals surface area (Å²) in [5.41, 5.74) is 0.686. The SMILES string of the molecule is CC(Nc1ccnc(-c2ccccn2)n1)c1ncc(C(=O)O)s1. The molecule has 0 amide bonds. The predicted molar refractivity (Wildman–Crippen MR) is 86.4 cm³/mol. The molecule has 0 aliphatic rings. The number of carboxylic acids is 1. The van der Waals surface area contributed by atoms with Gasteiger partial charge in [0.25, 0.3) is 0 Å². The summed E-state index contributed by atoms with van der Waals surface area (Å²) in [6.07, 6.45) is 4.70. The molecule has 0 aliphatic carbocycles. The lowest BCUT2D eigenvalue weighted by Crippen LogP contribution is -2.08. The summed E-state index contributed by atoms with van der Waals surface area (Å²) in [6.45, 7) is 1.90. The second-order valence-electron chi connectivity index (χ2n) is 4.71. The van der Waals surface area contributed by atoms with Gasteiger partial charge in [-0.2, -0.15) is 0 Å². The quantitative estimate of drug-likeness (QED) is 0.743. The number of aromatic carboxylic acids is 1. The van der Waals surface area contributed by atoms with Crippen LogP contribution in [-0.4, -0.2) is 31.0 Å². The summed E-state index contributed by atoms with van der Waals surface area (Å²) < 4.78 is 0. The number of pyridine rings is 1. The van der Waals surface area contributed by atoms with Crippen molar-refractivity contribution in [1.29, 1.82) is 0 Å². The van der Waals surface area contributed by atoms with Crippen molar-refractivity contribution >= 4 is 23.1 Å². The van der Waals surface area contributed by atoms with Gasteiger partial charge < -0.3 is 10.4 Å². The lowest BCUT2D eigenvalue weighted by molar-refractivity contribution is 0.0702. The highest BCUT2D eigenvalue weighted by atomic mass is 32.1. The lowest BCUT2D eigenvalue weighted by atomic mass is 10.3. The largest absolute Gasteiger partial charge is 0.477 e. The molecule has 3 aromatic rings. The van der Waals surface area contributed by atoms with Crippen LogP contribution < -0.4 is 5.32 Å². The van der Waals surface area contributed by atoms with E-state index >= 15 is 0 Å². The zero-order valence-electron chi connectivity index (χ0n) is 12.2. The number of rotatable bonds is 5. The zero-order valence-corrected chi connectivity index (χ0v) is 13.0. The number of carboxylic acid groups (broad SMARTS) is 1. The number of nitrogens with one attached hydrogen (secondary N) is 1. The molecule has 0 bridgehead atoms. The van der Waals surface area contributed by atoms with Gasteiger partial charge in [0, 0.05) is 12.4 Å². The Bertz CT molecular complexity index is 821. The van der Waals surface area contributed by atoms with E-state index < -0.39 is 5.97 Å². The first kappa shape index (κ1) is 15.0. The maximum atomic E-state index is 10.9. The molecule has 7 nitrogen and oxygen atoms in total. The van der Waals surface area contributed by atoms with Crippen LogP contribution >= 0.6 is 11.3 Å². The van der Waals surface area contributed by atoms with Gasteiger partial charge in [0.2, 0.25) is 0 Å². The minimum atomic E-state index is -0.972. The summed E-state index contributed by atoms with van der Waals surface area (Å²) in [4.78, 5) is 28.1. The van der Waals surface area contributed by atoms with E-state index in [-0.39, 0.29) is 10.9 Å². The predicted octanol–water partition coefficient (Wildman–Crippen LogP) is 2.87. The van der Waals surface area contributed by atoms with E-state index in [1.807, 2.05) is 25.1 Å². The molecule has 3 aromatic heterocycles. The Kier molecular flexibility index (Phi) is 4.24. The van der Waals surface area contributed by atoms with E-state index in [9.17, 15) is 4.79 Å². The molecule has 0 aromatic carbocycles. The monoisotopic (exact) mass is 327 g/mol. The summed E-state index contributed by atoms with van der Waals surface area (Å²) in [6, 6.07) is 7.12. The molecular weight excluding hydrogens is 314 g/mol. The van der Waals surface area contributed by atoms with E-state index in [1.165, 1.54) is 6.20 Å². The van der Waals surface area contributed by atoms with Gasteiger partial charge in [-0.15, -0.1) is 11.3 Å². The highest BCUT2D eigenvalue weighted by molar-refractivity contribution is 7.13. The first-order chi connectivity index (χ1) is 11.1.